The van der Waals surface area contributed by atoms with Crippen LogP contribution < -0.4 is 10.6 Å². The molecule has 2 aromatic heterocycles. The number of hydrogen-bond donors (Lipinski definition) is 3. The second-order valence-electron chi connectivity index (χ2n) is 12.2. The fourth-order valence-corrected chi connectivity index (χ4v) is 6.48. The van der Waals surface area contributed by atoms with Crippen LogP contribution in [0.5, 0.6) is 0 Å². The molecule has 0 bridgehead atoms. The number of piperazine rings is 1. The van der Waals surface area contributed by atoms with E-state index >= 15 is 0 Å². The first kappa shape index (κ1) is 32.0. The van der Waals surface area contributed by atoms with E-state index in [0.717, 1.165) is 45.2 Å². The number of hydrogen-bond acceptors (Lipinski definition) is 6. The van der Waals surface area contributed by atoms with Crippen LogP contribution in [0, 0.1) is 11.8 Å². The number of nitrogens with zero attached hydrogens (tertiary/aromatic N) is 5. The number of anilines is 1. The molecule has 3 amide bonds. The lowest BCUT2D eigenvalue weighted by atomic mass is 9.85. The van der Waals surface area contributed by atoms with E-state index in [1.54, 1.807) is 11.0 Å². The Hall–Kier alpha value is -3.91. The number of carbonyl (C=O) groups is 3. The number of aromatic amines is 1. The number of H-pyrrole nitrogens is 1. The molecule has 6 rings (SSSR count). The quantitative estimate of drug-likeness (QED) is 0.332. The van der Waals surface area contributed by atoms with Crippen molar-refractivity contribution in [3.05, 3.63) is 64.0 Å². The van der Waals surface area contributed by atoms with Gasteiger partial charge in [0.1, 0.15) is 0 Å². The minimum atomic E-state index is -4.60. The van der Waals surface area contributed by atoms with Crippen molar-refractivity contribution in [3.8, 4) is 0 Å². The zero-order valence-electron chi connectivity index (χ0n) is 25.2. The summed E-state index contributed by atoms with van der Waals surface area (Å²) in [6.45, 7) is 3.85. The summed E-state index contributed by atoms with van der Waals surface area (Å²) < 4.78 is 42.4. The summed E-state index contributed by atoms with van der Waals surface area (Å²) in [6, 6.07) is 4.53. The lowest BCUT2D eigenvalue weighted by Crippen LogP contribution is -2.52. The van der Waals surface area contributed by atoms with Gasteiger partial charge >= 0.3 is 6.18 Å². The second-order valence-corrected chi connectivity index (χ2v) is 12.7. The molecule has 15 heteroatoms. The minimum Gasteiger partial charge on any atom is -0.339 e. The van der Waals surface area contributed by atoms with Gasteiger partial charge in [0.2, 0.25) is 5.91 Å². The van der Waals surface area contributed by atoms with E-state index in [0.29, 0.717) is 50.0 Å². The molecular formula is C31H36ClF3N8O3. The predicted octanol–water partition coefficient (Wildman–Crippen LogP) is 4.21. The zero-order chi connectivity index (χ0) is 32.4. The highest BCUT2D eigenvalue weighted by molar-refractivity contribution is 6.34. The normalized spacial score (nSPS) is 18.0. The Balaban J connectivity index is 1.04. The Morgan fingerprint density at radius 2 is 1.74 bits per heavy atom. The van der Waals surface area contributed by atoms with Gasteiger partial charge in [0, 0.05) is 74.4 Å². The maximum absolute atomic E-state index is 13.7. The van der Waals surface area contributed by atoms with E-state index in [4.69, 9.17) is 11.6 Å². The zero-order valence-corrected chi connectivity index (χ0v) is 26.0. The molecule has 0 radical (unpaired) electrons. The summed E-state index contributed by atoms with van der Waals surface area (Å²) in [5.74, 6) is -0.444. The van der Waals surface area contributed by atoms with Gasteiger partial charge in [-0.15, -0.1) is 0 Å². The standard InChI is InChI=1S/C31H36ClF3N8O3/c32-25-15-22(4-5-24(25)30(46)42-12-10-41(11-13-42)29(45)20-6-8-36-9-7-20)39-28(44)27-37-16-23(38-27)14-21-18-43(17-19-2-1-3-19)40-26(21)31(33,34)35/h4-5,15-16,18-20,36H,1-3,6-14,17H2,(H,37,38)(H,39,44). The highest BCUT2D eigenvalue weighted by atomic mass is 35.5. The van der Waals surface area contributed by atoms with E-state index in [1.165, 1.54) is 29.2 Å². The Morgan fingerprint density at radius 1 is 1.02 bits per heavy atom. The van der Waals surface area contributed by atoms with Crippen molar-refractivity contribution in [3.63, 3.8) is 0 Å². The van der Waals surface area contributed by atoms with Crippen LogP contribution in [0.15, 0.2) is 30.6 Å². The Kier molecular flexibility index (Phi) is 9.37. The van der Waals surface area contributed by atoms with Crippen molar-refractivity contribution in [2.45, 2.75) is 51.2 Å². The maximum atomic E-state index is 13.7. The Labute approximate surface area is 268 Å². The van der Waals surface area contributed by atoms with Gasteiger partial charge in [0.05, 0.1) is 10.6 Å². The molecule has 2 aliphatic heterocycles. The average Bonchev–Trinajstić information content (AvgIpc) is 3.66. The van der Waals surface area contributed by atoms with E-state index in [1.807, 2.05) is 4.90 Å². The summed E-state index contributed by atoms with van der Waals surface area (Å²) in [4.78, 5) is 49.3. The van der Waals surface area contributed by atoms with Gasteiger partial charge in [-0.05, 0) is 62.9 Å². The molecule has 4 heterocycles. The maximum Gasteiger partial charge on any atom is 0.435 e. The van der Waals surface area contributed by atoms with E-state index < -0.39 is 17.8 Å². The number of alkyl halides is 3. The third kappa shape index (κ3) is 7.22. The summed E-state index contributed by atoms with van der Waals surface area (Å²) in [7, 11) is 0. The van der Waals surface area contributed by atoms with E-state index in [-0.39, 0.29) is 46.1 Å². The van der Waals surface area contributed by atoms with Crippen LogP contribution in [0.1, 0.15) is 70.0 Å². The third-order valence-electron chi connectivity index (χ3n) is 9.02. The number of piperidine rings is 1. The molecule has 2 saturated heterocycles. The van der Waals surface area contributed by atoms with Crippen LogP contribution >= 0.6 is 11.6 Å². The minimum absolute atomic E-state index is 0.00394. The first-order valence-corrected chi connectivity index (χ1v) is 16.0. The summed E-state index contributed by atoms with van der Waals surface area (Å²) in [5, 5.41) is 9.87. The fourth-order valence-electron chi connectivity index (χ4n) is 6.22. The van der Waals surface area contributed by atoms with Gasteiger partial charge in [-0.2, -0.15) is 18.3 Å². The SMILES string of the molecule is O=C(Nc1ccc(C(=O)N2CCN(C(=O)C3CCNCC3)CC2)c(Cl)c1)c1ncc(Cc2cn(CC3CCC3)nc2C(F)(F)F)[nH]1. The first-order chi connectivity index (χ1) is 22.0. The van der Waals surface area contributed by atoms with Crippen molar-refractivity contribution in [1.29, 1.82) is 0 Å². The molecule has 1 saturated carbocycles. The number of imidazole rings is 1. The molecular weight excluding hydrogens is 625 g/mol. The van der Waals surface area contributed by atoms with Gasteiger partial charge in [-0.25, -0.2) is 4.98 Å². The molecule has 3 fully saturated rings. The number of aromatic nitrogens is 4. The lowest BCUT2D eigenvalue weighted by Gasteiger charge is -2.37. The monoisotopic (exact) mass is 660 g/mol. The molecule has 0 atom stereocenters. The van der Waals surface area contributed by atoms with Crippen LogP contribution in [0.4, 0.5) is 18.9 Å². The first-order valence-electron chi connectivity index (χ1n) is 15.6. The van der Waals surface area contributed by atoms with Crippen LogP contribution in [0.25, 0.3) is 0 Å². The van der Waals surface area contributed by atoms with Crippen molar-refractivity contribution >= 4 is 35.0 Å². The summed E-state index contributed by atoms with van der Waals surface area (Å²) >= 11 is 6.45. The molecule has 3 N–H and O–H groups in total. The fraction of sp³-hybridized carbons (Fsp3) is 0.516. The second kappa shape index (κ2) is 13.4. The van der Waals surface area contributed by atoms with Gasteiger partial charge in [-0.3, -0.25) is 19.1 Å². The number of amides is 3. The number of rotatable bonds is 8. The van der Waals surface area contributed by atoms with Crippen LogP contribution in [-0.2, 0) is 23.9 Å². The summed E-state index contributed by atoms with van der Waals surface area (Å²) in [6.07, 6.45) is 2.72. The lowest BCUT2D eigenvalue weighted by molar-refractivity contribution is -0.142. The van der Waals surface area contributed by atoms with Crippen LogP contribution in [0.2, 0.25) is 5.02 Å². The Bertz CT molecular complexity index is 1590. The summed E-state index contributed by atoms with van der Waals surface area (Å²) in [5.41, 5.74) is -0.0150. The largest absolute Gasteiger partial charge is 0.435 e. The van der Waals surface area contributed by atoms with Gasteiger partial charge in [0.25, 0.3) is 11.8 Å². The number of halogens is 4. The molecule has 3 aliphatic rings. The van der Waals surface area contributed by atoms with Crippen molar-refractivity contribution in [1.82, 2.24) is 34.9 Å². The smallest absolute Gasteiger partial charge is 0.339 e. The number of carbonyl (C=O) groups excluding carboxylic acids is 3. The molecule has 3 aromatic rings. The molecule has 246 valence electrons. The highest BCUT2D eigenvalue weighted by Crippen LogP contribution is 2.33. The van der Waals surface area contributed by atoms with Gasteiger partial charge in [0.15, 0.2) is 11.5 Å². The van der Waals surface area contributed by atoms with Gasteiger partial charge in [-0.1, -0.05) is 18.0 Å². The molecule has 1 aliphatic carbocycles. The molecule has 46 heavy (non-hydrogen) atoms. The van der Waals surface area contributed by atoms with Gasteiger partial charge < -0.3 is 25.4 Å². The van der Waals surface area contributed by atoms with Crippen LogP contribution in [-0.4, -0.2) is 86.5 Å². The van der Waals surface area contributed by atoms with Crippen molar-refractivity contribution in [2.24, 2.45) is 11.8 Å². The molecule has 0 unspecified atom stereocenters. The van der Waals surface area contributed by atoms with Crippen LogP contribution in [0.3, 0.4) is 0 Å². The third-order valence-corrected chi connectivity index (χ3v) is 9.34. The molecule has 1 aromatic carbocycles. The highest BCUT2D eigenvalue weighted by Gasteiger charge is 2.37. The molecule has 11 nitrogen and oxygen atoms in total. The topological polar surface area (TPSA) is 128 Å². The van der Waals surface area contributed by atoms with Crippen molar-refractivity contribution < 1.29 is 27.6 Å². The predicted molar refractivity (Wildman–Crippen MR) is 163 cm³/mol. The number of nitrogens with one attached hydrogen (secondary N) is 3. The van der Waals surface area contributed by atoms with E-state index in [9.17, 15) is 27.6 Å². The van der Waals surface area contributed by atoms with Crippen molar-refractivity contribution in [2.75, 3.05) is 44.6 Å². The Morgan fingerprint density at radius 3 is 2.39 bits per heavy atom. The average molecular weight is 661 g/mol. The van der Waals surface area contributed by atoms with E-state index in [2.05, 4.69) is 25.7 Å². The molecule has 0 spiro atoms. The number of benzene rings is 1.